The molecular weight excluding hydrogens is 210 g/mol. The molecule has 2 nitrogen and oxygen atoms in total. The lowest BCUT2D eigenvalue weighted by molar-refractivity contribution is 0.0526. The average molecular weight is 235 g/mol. The Morgan fingerprint density at radius 3 is 2.41 bits per heavy atom. The second-order valence-corrected chi connectivity index (χ2v) is 4.82. The van der Waals surface area contributed by atoms with Crippen LogP contribution in [0.2, 0.25) is 0 Å². The molecule has 17 heavy (non-hydrogen) atoms. The van der Waals surface area contributed by atoms with Crippen LogP contribution in [0, 0.1) is 5.92 Å². The van der Waals surface area contributed by atoms with Crippen LogP contribution in [0.15, 0.2) is 30.3 Å². The third-order valence-corrected chi connectivity index (χ3v) is 2.58. The zero-order chi connectivity index (χ0) is 12.5. The van der Waals surface area contributed by atoms with Crippen molar-refractivity contribution in [2.45, 2.75) is 33.3 Å². The van der Waals surface area contributed by atoms with Gasteiger partial charge in [-0.05, 0) is 24.4 Å². The maximum Gasteiger partial charge on any atom is 0.0949 e. The fourth-order valence-corrected chi connectivity index (χ4v) is 1.70. The van der Waals surface area contributed by atoms with Crippen LogP contribution >= 0.6 is 0 Å². The molecular formula is C15H25NO. The van der Waals surface area contributed by atoms with Crippen LogP contribution in [-0.2, 0) is 4.74 Å². The Morgan fingerprint density at radius 2 is 1.82 bits per heavy atom. The van der Waals surface area contributed by atoms with E-state index in [4.69, 9.17) is 4.74 Å². The molecule has 0 saturated heterocycles. The average Bonchev–Trinajstić information content (AvgIpc) is 2.34. The summed E-state index contributed by atoms with van der Waals surface area (Å²) in [6, 6.07) is 10.5. The van der Waals surface area contributed by atoms with E-state index in [0.717, 1.165) is 26.1 Å². The third kappa shape index (κ3) is 5.85. The van der Waals surface area contributed by atoms with E-state index in [-0.39, 0.29) is 6.10 Å². The summed E-state index contributed by atoms with van der Waals surface area (Å²) >= 11 is 0. The number of hydrogen-bond acceptors (Lipinski definition) is 2. The minimum Gasteiger partial charge on any atom is -0.372 e. The summed E-state index contributed by atoms with van der Waals surface area (Å²) < 4.78 is 5.90. The van der Waals surface area contributed by atoms with Crippen LogP contribution in [0.3, 0.4) is 0 Å². The number of hydrogen-bond donors (Lipinski definition) is 1. The van der Waals surface area contributed by atoms with Gasteiger partial charge in [0.1, 0.15) is 0 Å². The van der Waals surface area contributed by atoms with Crippen LogP contribution in [0.5, 0.6) is 0 Å². The molecule has 0 aliphatic rings. The summed E-state index contributed by atoms with van der Waals surface area (Å²) in [5.74, 6) is 0.678. The summed E-state index contributed by atoms with van der Waals surface area (Å²) in [6.07, 6.45) is 1.24. The molecule has 0 saturated carbocycles. The lowest BCUT2D eigenvalue weighted by Crippen LogP contribution is -2.27. The Hall–Kier alpha value is -0.860. The number of nitrogens with one attached hydrogen (secondary N) is 1. The molecule has 0 aliphatic heterocycles. The minimum atomic E-state index is 0.176. The van der Waals surface area contributed by atoms with Crippen molar-refractivity contribution in [2.75, 3.05) is 19.7 Å². The van der Waals surface area contributed by atoms with Crippen molar-refractivity contribution in [2.24, 2.45) is 5.92 Å². The molecule has 1 atom stereocenters. The Morgan fingerprint density at radius 1 is 1.12 bits per heavy atom. The Labute approximate surface area is 105 Å². The van der Waals surface area contributed by atoms with Gasteiger partial charge in [-0.1, -0.05) is 51.1 Å². The molecule has 0 aromatic heterocycles. The van der Waals surface area contributed by atoms with Gasteiger partial charge in [0.05, 0.1) is 6.10 Å². The molecule has 0 aliphatic carbocycles. The summed E-state index contributed by atoms with van der Waals surface area (Å²) in [5.41, 5.74) is 1.26. The number of rotatable bonds is 8. The second-order valence-electron chi connectivity index (χ2n) is 4.82. The van der Waals surface area contributed by atoms with Crippen molar-refractivity contribution >= 4 is 0 Å². The minimum absolute atomic E-state index is 0.176. The van der Waals surface area contributed by atoms with E-state index in [1.54, 1.807) is 0 Å². The van der Waals surface area contributed by atoms with Gasteiger partial charge in [0.15, 0.2) is 0 Å². The quantitative estimate of drug-likeness (QED) is 0.745. The molecule has 0 spiro atoms. The second kappa shape index (κ2) is 8.26. The van der Waals surface area contributed by atoms with E-state index in [2.05, 4.69) is 50.4 Å². The third-order valence-electron chi connectivity index (χ3n) is 2.58. The van der Waals surface area contributed by atoms with Gasteiger partial charge in [-0.25, -0.2) is 0 Å². The monoisotopic (exact) mass is 235 g/mol. The Balaban J connectivity index is 2.48. The molecule has 2 heteroatoms. The topological polar surface area (TPSA) is 21.3 Å². The van der Waals surface area contributed by atoms with E-state index in [1.807, 2.05) is 6.07 Å². The van der Waals surface area contributed by atoms with Gasteiger partial charge in [-0.15, -0.1) is 0 Å². The van der Waals surface area contributed by atoms with E-state index < -0.39 is 0 Å². The van der Waals surface area contributed by atoms with E-state index >= 15 is 0 Å². The molecule has 1 aromatic carbocycles. The molecule has 1 N–H and O–H groups in total. The Bertz CT molecular complexity index is 284. The van der Waals surface area contributed by atoms with Gasteiger partial charge in [0, 0.05) is 13.2 Å². The van der Waals surface area contributed by atoms with Crippen molar-refractivity contribution in [3.05, 3.63) is 35.9 Å². The van der Waals surface area contributed by atoms with E-state index in [0.29, 0.717) is 5.92 Å². The van der Waals surface area contributed by atoms with Gasteiger partial charge in [0.25, 0.3) is 0 Å². The fourth-order valence-electron chi connectivity index (χ4n) is 1.70. The highest BCUT2D eigenvalue weighted by Gasteiger charge is 2.10. The molecule has 96 valence electrons. The molecule has 1 aromatic rings. The zero-order valence-electron chi connectivity index (χ0n) is 11.3. The standard InChI is InChI=1S/C15H25NO/c1-4-10-17-15(12-16-11-13(2)3)14-8-6-5-7-9-14/h5-9,13,15-16H,4,10-12H2,1-3H3. The largest absolute Gasteiger partial charge is 0.372 e. The first kappa shape index (κ1) is 14.2. The maximum atomic E-state index is 5.90. The van der Waals surface area contributed by atoms with Crippen molar-refractivity contribution < 1.29 is 4.74 Å². The van der Waals surface area contributed by atoms with Crippen molar-refractivity contribution in [1.82, 2.24) is 5.32 Å². The van der Waals surface area contributed by atoms with Gasteiger partial charge in [-0.3, -0.25) is 0 Å². The normalized spacial score (nSPS) is 12.9. The van der Waals surface area contributed by atoms with Crippen molar-refractivity contribution in [3.8, 4) is 0 Å². The van der Waals surface area contributed by atoms with Crippen LogP contribution in [0.4, 0.5) is 0 Å². The van der Waals surface area contributed by atoms with Crippen LogP contribution in [-0.4, -0.2) is 19.7 Å². The highest BCUT2D eigenvalue weighted by molar-refractivity contribution is 5.17. The summed E-state index contributed by atoms with van der Waals surface area (Å²) in [5, 5.41) is 3.47. The summed E-state index contributed by atoms with van der Waals surface area (Å²) in [4.78, 5) is 0. The summed E-state index contributed by atoms with van der Waals surface area (Å²) in [7, 11) is 0. The summed E-state index contributed by atoms with van der Waals surface area (Å²) in [6.45, 7) is 9.34. The van der Waals surface area contributed by atoms with Crippen LogP contribution in [0.25, 0.3) is 0 Å². The molecule has 0 amide bonds. The first-order valence-electron chi connectivity index (χ1n) is 6.61. The van der Waals surface area contributed by atoms with Gasteiger partial charge in [-0.2, -0.15) is 0 Å². The lowest BCUT2D eigenvalue weighted by atomic mass is 10.1. The Kier molecular flexibility index (Phi) is 6.90. The smallest absolute Gasteiger partial charge is 0.0949 e. The lowest BCUT2D eigenvalue weighted by Gasteiger charge is -2.19. The predicted molar refractivity (Wildman–Crippen MR) is 73.1 cm³/mol. The first-order valence-corrected chi connectivity index (χ1v) is 6.61. The van der Waals surface area contributed by atoms with Gasteiger partial charge in [0.2, 0.25) is 0 Å². The van der Waals surface area contributed by atoms with Crippen molar-refractivity contribution in [3.63, 3.8) is 0 Å². The van der Waals surface area contributed by atoms with Gasteiger partial charge >= 0.3 is 0 Å². The predicted octanol–water partition coefficient (Wildman–Crippen LogP) is 3.40. The number of ether oxygens (including phenoxy) is 1. The molecule has 1 unspecified atom stereocenters. The molecule has 1 rings (SSSR count). The fraction of sp³-hybridized carbons (Fsp3) is 0.600. The van der Waals surface area contributed by atoms with Crippen LogP contribution < -0.4 is 5.32 Å². The molecule has 0 heterocycles. The van der Waals surface area contributed by atoms with Gasteiger partial charge < -0.3 is 10.1 Å². The molecule has 0 fully saturated rings. The first-order chi connectivity index (χ1) is 8.24. The number of benzene rings is 1. The zero-order valence-corrected chi connectivity index (χ0v) is 11.3. The highest BCUT2D eigenvalue weighted by atomic mass is 16.5. The highest BCUT2D eigenvalue weighted by Crippen LogP contribution is 2.16. The molecule has 0 radical (unpaired) electrons. The van der Waals surface area contributed by atoms with E-state index in [1.165, 1.54) is 5.56 Å². The SMILES string of the molecule is CCCOC(CNCC(C)C)c1ccccc1. The maximum absolute atomic E-state index is 5.90. The van der Waals surface area contributed by atoms with E-state index in [9.17, 15) is 0 Å². The van der Waals surface area contributed by atoms with Crippen molar-refractivity contribution in [1.29, 1.82) is 0 Å². The van der Waals surface area contributed by atoms with Crippen LogP contribution in [0.1, 0.15) is 38.9 Å². The molecule has 0 bridgehead atoms.